The molecule has 1 saturated heterocycles. The Morgan fingerprint density at radius 1 is 1.06 bits per heavy atom. The van der Waals surface area contributed by atoms with Crippen molar-refractivity contribution in [3.8, 4) is 0 Å². The van der Waals surface area contributed by atoms with E-state index in [-0.39, 0.29) is 0 Å². The SMILES string of the molecule is Nc1ccc(N2CCC3(CCCC3)CC2)c(I)c1. The van der Waals surface area contributed by atoms with Crippen LogP contribution in [0.15, 0.2) is 18.2 Å². The molecule has 0 atom stereocenters. The molecule has 1 saturated carbocycles. The van der Waals surface area contributed by atoms with E-state index in [1.54, 1.807) is 0 Å². The van der Waals surface area contributed by atoms with Crippen LogP contribution in [-0.4, -0.2) is 13.1 Å². The van der Waals surface area contributed by atoms with E-state index < -0.39 is 0 Å². The summed E-state index contributed by atoms with van der Waals surface area (Å²) >= 11 is 2.41. The van der Waals surface area contributed by atoms with E-state index in [4.69, 9.17) is 5.73 Å². The zero-order valence-electron chi connectivity index (χ0n) is 10.8. The lowest BCUT2D eigenvalue weighted by molar-refractivity contribution is 0.226. The van der Waals surface area contributed by atoms with Crippen molar-refractivity contribution in [2.75, 3.05) is 23.7 Å². The first-order chi connectivity index (χ1) is 8.69. The number of nitrogen functional groups attached to an aromatic ring is 1. The Kier molecular flexibility index (Phi) is 3.43. The van der Waals surface area contributed by atoms with Gasteiger partial charge in [-0.05, 0) is 71.9 Å². The molecule has 0 bridgehead atoms. The first-order valence-electron chi connectivity index (χ1n) is 6.99. The molecule has 0 aromatic heterocycles. The molecule has 1 aromatic rings. The van der Waals surface area contributed by atoms with Crippen molar-refractivity contribution in [2.45, 2.75) is 38.5 Å². The maximum absolute atomic E-state index is 5.83. The van der Waals surface area contributed by atoms with Crippen molar-refractivity contribution in [2.24, 2.45) is 5.41 Å². The Bertz CT molecular complexity index is 428. The van der Waals surface area contributed by atoms with Crippen LogP contribution in [0.3, 0.4) is 0 Å². The predicted molar refractivity (Wildman–Crippen MR) is 85.9 cm³/mol. The summed E-state index contributed by atoms with van der Waals surface area (Å²) < 4.78 is 1.29. The highest BCUT2D eigenvalue weighted by molar-refractivity contribution is 14.1. The number of hydrogen-bond donors (Lipinski definition) is 1. The molecule has 0 radical (unpaired) electrons. The van der Waals surface area contributed by atoms with Gasteiger partial charge in [-0.2, -0.15) is 0 Å². The van der Waals surface area contributed by atoms with Gasteiger partial charge in [-0.25, -0.2) is 0 Å². The molecular weight excluding hydrogens is 335 g/mol. The van der Waals surface area contributed by atoms with Gasteiger partial charge in [0.15, 0.2) is 0 Å². The van der Waals surface area contributed by atoms with Crippen molar-refractivity contribution in [1.82, 2.24) is 0 Å². The van der Waals surface area contributed by atoms with Gasteiger partial charge in [0.25, 0.3) is 0 Å². The van der Waals surface area contributed by atoms with Crippen LogP contribution in [0.4, 0.5) is 11.4 Å². The molecule has 1 heterocycles. The van der Waals surface area contributed by atoms with E-state index in [1.165, 1.54) is 60.9 Å². The molecule has 2 fully saturated rings. The molecule has 1 aliphatic carbocycles. The fourth-order valence-corrected chi connectivity index (χ4v) is 4.51. The third-order valence-electron chi connectivity index (χ3n) is 4.80. The second kappa shape index (κ2) is 4.91. The van der Waals surface area contributed by atoms with Crippen LogP contribution in [0.1, 0.15) is 38.5 Å². The maximum atomic E-state index is 5.83. The Hall–Kier alpha value is -0.450. The number of anilines is 2. The smallest absolute Gasteiger partial charge is 0.0503 e. The van der Waals surface area contributed by atoms with E-state index in [0.717, 1.165) is 5.69 Å². The third-order valence-corrected chi connectivity index (χ3v) is 5.66. The molecule has 0 unspecified atom stereocenters. The topological polar surface area (TPSA) is 29.3 Å². The van der Waals surface area contributed by atoms with Crippen LogP contribution >= 0.6 is 22.6 Å². The van der Waals surface area contributed by atoms with Crippen LogP contribution in [-0.2, 0) is 0 Å². The number of halogens is 1. The summed E-state index contributed by atoms with van der Waals surface area (Å²) in [6, 6.07) is 6.29. The van der Waals surface area contributed by atoms with Gasteiger partial charge < -0.3 is 10.6 Å². The van der Waals surface area contributed by atoms with E-state index in [9.17, 15) is 0 Å². The van der Waals surface area contributed by atoms with Gasteiger partial charge in [0.2, 0.25) is 0 Å². The van der Waals surface area contributed by atoms with Gasteiger partial charge in [-0.3, -0.25) is 0 Å². The summed E-state index contributed by atoms with van der Waals surface area (Å²) in [5.41, 5.74) is 8.77. The number of nitrogens with two attached hydrogens (primary N) is 1. The summed E-state index contributed by atoms with van der Waals surface area (Å²) in [5, 5.41) is 0. The normalized spacial score (nSPS) is 22.6. The van der Waals surface area contributed by atoms with E-state index in [1.807, 2.05) is 6.07 Å². The van der Waals surface area contributed by atoms with Crippen molar-refractivity contribution < 1.29 is 0 Å². The first kappa shape index (κ1) is 12.6. The Balaban J connectivity index is 1.72. The minimum Gasteiger partial charge on any atom is -0.399 e. The molecule has 18 heavy (non-hydrogen) atoms. The highest BCUT2D eigenvalue weighted by Crippen LogP contribution is 2.46. The van der Waals surface area contributed by atoms with Crippen LogP contribution in [0.5, 0.6) is 0 Å². The second-order valence-corrected chi connectivity index (χ2v) is 7.07. The van der Waals surface area contributed by atoms with Gasteiger partial charge in [-0.15, -0.1) is 0 Å². The van der Waals surface area contributed by atoms with Crippen LogP contribution in [0.25, 0.3) is 0 Å². The lowest BCUT2D eigenvalue weighted by Gasteiger charge is -2.40. The van der Waals surface area contributed by atoms with Crippen molar-refractivity contribution in [3.05, 3.63) is 21.8 Å². The van der Waals surface area contributed by atoms with Gasteiger partial charge in [0.05, 0.1) is 5.69 Å². The Labute approximate surface area is 123 Å². The fourth-order valence-electron chi connectivity index (χ4n) is 3.63. The highest BCUT2D eigenvalue weighted by atomic mass is 127. The van der Waals surface area contributed by atoms with Gasteiger partial charge in [0, 0.05) is 22.3 Å². The monoisotopic (exact) mass is 356 g/mol. The Morgan fingerprint density at radius 3 is 2.33 bits per heavy atom. The Morgan fingerprint density at radius 2 is 1.72 bits per heavy atom. The molecular formula is C15H21IN2. The van der Waals surface area contributed by atoms with E-state index in [2.05, 4.69) is 39.6 Å². The molecule has 2 nitrogen and oxygen atoms in total. The molecule has 3 rings (SSSR count). The molecule has 1 spiro atoms. The zero-order chi connectivity index (χ0) is 12.6. The van der Waals surface area contributed by atoms with Crippen LogP contribution in [0, 0.1) is 8.99 Å². The average Bonchev–Trinajstić information content (AvgIpc) is 2.80. The lowest BCUT2D eigenvalue weighted by atomic mass is 9.77. The summed E-state index contributed by atoms with van der Waals surface area (Å²) in [6.45, 7) is 2.44. The van der Waals surface area contributed by atoms with E-state index >= 15 is 0 Å². The van der Waals surface area contributed by atoms with E-state index in [0.29, 0.717) is 5.41 Å². The van der Waals surface area contributed by atoms with Gasteiger partial charge in [0.1, 0.15) is 0 Å². The van der Waals surface area contributed by atoms with Crippen LogP contribution in [0.2, 0.25) is 0 Å². The molecule has 98 valence electrons. The molecule has 3 heteroatoms. The average molecular weight is 356 g/mol. The zero-order valence-corrected chi connectivity index (χ0v) is 12.9. The van der Waals surface area contributed by atoms with Gasteiger partial charge in [-0.1, -0.05) is 12.8 Å². The maximum Gasteiger partial charge on any atom is 0.0503 e. The number of benzene rings is 1. The minimum atomic E-state index is 0.704. The number of nitrogens with zero attached hydrogens (tertiary/aromatic N) is 1. The summed E-state index contributed by atoms with van der Waals surface area (Å²) in [4.78, 5) is 2.55. The quantitative estimate of drug-likeness (QED) is 0.608. The van der Waals surface area contributed by atoms with Gasteiger partial charge >= 0.3 is 0 Å². The molecule has 0 amide bonds. The minimum absolute atomic E-state index is 0.704. The number of rotatable bonds is 1. The fraction of sp³-hybridized carbons (Fsp3) is 0.600. The summed E-state index contributed by atoms with van der Waals surface area (Å²) in [5.74, 6) is 0. The molecule has 1 aromatic carbocycles. The number of hydrogen-bond acceptors (Lipinski definition) is 2. The largest absolute Gasteiger partial charge is 0.399 e. The molecule has 1 aliphatic heterocycles. The van der Waals surface area contributed by atoms with Crippen LogP contribution < -0.4 is 10.6 Å². The van der Waals surface area contributed by atoms with Crippen molar-refractivity contribution >= 4 is 34.0 Å². The summed E-state index contributed by atoms with van der Waals surface area (Å²) in [7, 11) is 0. The third kappa shape index (κ3) is 2.33. The molecule has 2 N–H and O–H groups in total. The predicted octanol–water partition coefficient (Wildman–Crippen LogP) is 4.03. The molecule has 2 aliphatic rings. The first-order valence-corrected chi connectivity index (χ1v) is 8.06. The lowest BCUT2D eigenvalue weighted by Crippen LogP contribution is -2.39. The summed E-state index contributed by atoms with van der Waals surface area (Å²) in [6.07, 6.45) is 8.62. The standard InChI is InChI=1S/C15H21IN2/c16-13-11-12(17)3-4-14(13)18-9-7-15(8-10-18)5-1-2-6-15/h3-4,11H,1-2,5-10,17H2. The number of piperidine rings is 1. The van der Waals surface area contributed by atoms with Crippen molar-refractivity contribution in [1.29, 1.82) is 0 Å². The highest BCUT2D eigenvalue weighted by Gasteiger charge is 2.37. The van der Waals surface area contributed by atoms with Crippen molar-refractivity contribution in [3.63, 3.8) is 0 Å². The second-order valence-electron chi connectivity index (χ2n) is 5.91.